The van der Waals surface area contributed by atoms with Gasteiger partial charge in [-0.1, -0.05) is 22.0 Å². The van der Waals surface area contributed by atoms with E-state index in [9.17, 15) is 4.57 Å². The average Bonchev–Trinajstić information content (AvgIpc) is 2.39. The van der Waals surface area contributed by atoms with Gasteiger partial charge in [-0.3, -0.25) is 9.05 Å². The molecule has 7 heteroatoms. The van der Waals surface area contributed by atoms with Crippen molar-refractivity contribution >= 4 is 23.8 Å². The fraction of sp³-hybridized carbons (Fsp3) is 0.500. The number of rotatable bonds is 8. The lowest BCUT2D eigenvalue weighted by Crippen LogP contribution is -2.03. The first-order valence-corrected chi connectivity index (χ1v) is 8.48. The van der Waals surface area contributed by atoms with Crippen molar-refractivity contribution in [2.45, 2.75) is 19.2 Å². The summed E-state index contributed by atoms with van der Waals surface area (Å²) in [6.45, 7) is 3.91. The fourth-order valence-electron chi connectivity index (χ4n) is 1.40. The van der Waals surface area contributed by atoms with E-state index >= 15 is 0 Å². The summed E-state index contributed by atoms with van der Waals surface area (Å²) in [5, 5.41) is 0.654. The van der Waals surface area contributed by atoms with Crippen LogP contribution < -0.4 is 9.26 Å². The molecule has 0 bridgehead atoms. The zero-order chi connectivity index (χ0) is 14.3. The van der Waals surface area contributed by atoms with Crippen LogP contribution in [0.5, 0.6) is 11.5 Å². The lowest BCUT2D eigenvalue weighted by atomic mass is 10.2. The molecule has 0 spiro atoms. The molecule has 1 aromatic carbocycles. The number of halogens is 1. The van der Waals surface area contributed by atoms with Crippen LogP contribution in [0.25, 0.3) is 0 Å². The highest BCUT2D eigenvalue weighted by molar-refractivity contribution is 9.08. The van der Waals surface area contributed by atoms with E-state index in [0.29, 0.717) is 16.8 Å². The quantitative estimate of drug-likeness (QED) is 0.519. The van der Waals surface area contributed by atoms with E-state index in [1.807, 2.05) is 6.07 Å². The third kappa shape index (κ3) is 4.80. The SMILES string of the molecule is CCOP(=O)(OCC)Oc1cc(CBr)ccc1OC. The van der Waals surface area contributed by atoms with Crippen molar-refractivity contribution in [2.75, 3.05) is 20.3 Å². The lowest BCUT2D eigenvalue weighted by Gasteiger charge is -2.18. The highest BCUT2D eigenvalue weighted by Gasteiger charge is 2.28. The topological polar surface area (TPSA) is 54.0 Å². The molecule has 0 heterocycles. The minimum atomic E-state index is -3.61. The van der Waals surface area contributed by atoms with Gasteiger partial charge < -0.3 is 9.26 Å². The van der Waals surface area contributed by atoms with Crippen LogP contribution in [-0.2, 0) is 18.9 Å². The Hall–Kier alpha value is -0.550. The van der Waals surface area contributed by atoms with Crippen LogP contribution in [0.3, 0.4) is 0 Å². The molecule has 0 saturated heterocycles. The molecular formula is C12H18BrO5P. The van der Waals surface area contributed by atoms with Crippen molar-refractivity contribution in [3.8, 4) is 11.5 Å². The standard InChI is InChI=1S/C12H18BrO5P/c1-4-16-19(14,17-5-2)18-12-8-10(9-13)6-7-11(12)15-3/h6-8H,4-5,9H2,1-3H3. The normalized spacial score (nSPS) is 11.4. The van der Waals surface area contributed by atoms with Crippen LogP contribution in [0.2, 0.25) is 0 Å². The number of methoxy groups -OCH3 is 1. The second kappa shape index (κ2) is 7.90. The zero-order valence-corrected chi connectivity index (χ0v) is 13.7. The van der Waals surface area contributed by atoms with Crippen molar-refractivity contribution in [3.63, 3.8) is 0 Å². The Labute approximate surface area is 121 Å². The monoisotopic (exact) mass is 352 g/mol. The Morgan fingerprint density at radius 2 is 1.79 bits per heavy atom. The van der Waals surface area contributed by atoms with Crippen LogP contribution in [0, 0.1) is 0 Å². The first-order chi connectivity index (χ1) is 9.08. The van der Waals surface area contributed by atoms with Gasteiger partial charge in [-0.05, 0) is 31.5 Å². The van der Waals surface area contributed by atoms with Gasteiger partial charge in [-0.15, -0.1) is 0 Å². The number of hydrogen-bond donors (Lipinski definition) is 0. The highest BCUT2D eigenvalue weighted by Crippen LogP contribution is 2.51. The summed E-state index contributed by atoms with van der Waals surface area (Å²) < 4.78 is 33.1. The van der Waals surface area contributed by atoms with Gasteiger partial charge in [0, 0.05) is 5.33 Å². The van der Waals surface area contributed by atoms with E-state index in [-0.39, 0.29) is 13.2 Å². The molecule has 0 atom stereocenters. The predicted octanol–water partition coefficient (Wildman–Crippen LogP) is 4.15. The summed E-state index contributed by atoms with van der Waals surface area (Å²) in [4.78, 5) is 0. The Morgan fingerprint density at radius 1 is 1.16 bits per heavy atom. The van der Waals surface area contributed by atoms with Gasteiger partial charge in [0.1, 0.15) is 0 Å². The van der Waals surface area contributed by atoms with Gasteiger partial charge in [0.05, 0.1) is 20.3 Å². The maximum absolute atomic E-state index is 12.3. The van der Waals surface area contributed by atoms with Crippen LogP contribution >= 0.6 is 23.8 Å². The van der Waals surface area contributed by atoms with Crippen LogP contribution in [0.15, 0.2) is 18.2 Å². The van der Waals surface area contributed by atoms with Gasteiger partial charge in [-0.2, -0.15) is 0 Å². The highest BCUT2D eigenvalue weighted by atomic mass is 79.9. The molecule has 1 rings (SSSR count). The molecule has 0 radical (unpaired) electrons. The molecule has 0 saturated carbocycles. The fourth-order valence-corrected chi connectivity index (χ4v) is 2.95. The Kier molecular flexibility index (Phi) is 6.86. The number of alkyl halides is 1. The first kappa shape index (κ1) is 16.5. The van der Waals surface area contributed by atoms with Crippen LogP contribution in [-0.4, -0.2) is 20.3 Å². The predicted molar refractivity (Wildman–Crippen MR) is 77.1 cm³/mol. The molecule has 0 N–H and O–H groups in total. The third-order valence-electron chi connectivity index (χ3n) is 2.17. The summed E-state index contributed by atoms with van der Waals surface area (Å²) in [6, 6.07) is 5.36. The molecular weight excluding hydrogens is 335 g/mol. The molecule has 19 heavy (non-hydrogen) atoms. The summed E-state index contributed by atoms with van der Waals surface area (Å²) >= 11 is 3.35. The number of hydrogen-bond acceptors (Lipinski definition) is 5. The minimum absolute atomic E-state index is 0.234. The van der Waals surface area contributed by atoms with Crippen molar-refractivity contribution in [3.05, 3.63) is 23.8 Å². The minimum Gasteiger partial charge on any atom is -0.493 e. The maximum Gasteiger partial charge on any atom is 0.530 e. The Balaban J connectivity index is 3.03. The Morgan fingerprint density at radius 3 is 2.26 bits per heavy atom. The summed E-state index contributed by atoms with van der Waals surface area (Å²) in [5.41, 5.74) is 0.968. The Bertz CT molecular complexity index is 442. The molecule has 0 aliphatic carbocycles. The number of phosphoric acid groups is 1. The number of phosphoric ester groups is 1. The summed E-state index contributed by atoms with van der Waals surface area (Å²) in [7, 11) is -2.09. The zero-order valence-electron chi connectivity index (χ0n) is 11.2. The molecule has 0 unspecified atom stereocenters. The lowest BCUT2D eigenvalue weighted by molar-refractivity contribution is 0.166. The molecule has 0 aromatic heterocycles. The molecule has 0 aliphatic heterocycles. The second-order valence-corrected chi connectivity index (χ2v) is 5.65. The van der Waals surface area contributed by atoms with Crippen LogP contribution in [0.4, 0.5) is 0 Å². The van der Waals surface area contributed by atoms with E-state index < -0.39 is 7.82 Å². The molecule has 0 aliphatic rings. The molecule has 5 nitrogen and oxygen atoms in total. The van der Waals surface area contributed by atoms with Crippen molar-refractivity contribution in [1.82, 2.24) is 0 Å². The van der Waals surface area contributed by atoms with E-state index in [1.165, 1.54) is 7.11 Å². The average molecular weight is 353 g/mol. The van der Waals surface area contributed by atoms with E-state index in [1.54, 1.807) is 26.0 Å². The van der Waals surface area contributed by atoms with E-state index in [0.717, 1.165) is 5.56 Å². The summed E-state index contributed by atoms with van der Waals surface area (Å²) in [5.74, 6) is 0.814. The molecule has 0 amide bonds. The molecule has 0 fully saturated rings. The van der Waals surface area contributed by atoms with Crippen molar-refractivity contribution in [1.29, 1.82) is 0 Å². The van der Waals surface area contributed by atoms with Gasteiger partial charge in [0.25, 0.3) is 0 Å². The van der Waals surface area contributed by atoms with Crippen LogP contribution in [0.1, 0.15) is 19.4 Å². The van der Waals surface area contributed by atoms with Gasteiger partial charge in [-0.25, -0.2) is 4.57 Å². The first-order valence-electron chi connectivity index (χ1n) is 5.90. The number of benzene rings is 1. The maximum atomic E-state index is 12.3. The van der Waals surface area contributed by atoms with E-state index in [4.69, 9.17) is 18.3 Å². The summed E-state index contributed by atoms with van der Waals surface area (Å²) in [6.07, 6.45) is 0. The van der Waals surface area contributed by atoms with Gasteiger partial charge in [0.15, 0.2) is 11.5 Å². The number of ether oxygens (including phenoxy) is 1. The van der Waals surface area contributed by atoms with Crippen molar-refractivity contribution in [2.24, 2.45) is 0 Å². The molecule has 108 valence electrons. The third-order valence-corrected chi connectivity index (χ3v) is 4.38. The van der Waals surface area contributed by atoms with Gasteiger partial charge in [0.2, 0.25) is 0 Å². The molecule has 1 aromatic rings. The van der Waals surface area contributed by atoms with Gasteiger partial charge >= 0.3 is 7.82 Å². The van der Waals surface area contributed by atoms with Crippen molar-refractivity contribution < 1.29 is 22.9 Å². The van der Waals surface area contributed by atoms with E-state index in [2.05, 4.69) is 15.9 Å². The second-order valence-electron chi connectivity index (χ2n) is 3.49. The largest absolute Gasteiger partial charge is 0.530 e. The smallest absolute Gasteiger partial charge is 0.493 e.